The molecule has 5 heteroatoms. The van der Waals surface area contributed by atoms with E-state index in [1.165, 1.54) is 0 Å². The topological polar surface area (TPSA) is 71.5 Å². The number of pyridine rings is 1. The van der Waals surface area contributed by atoms with E-state index in [-0.39, 0.29) is 5.92 Å². The van der Waals surface area contributed by atoms with Gasteiger partial charge in [-0.2, -0.15) is 0 Å². The molecule has 0 saturated carbocycles. The summed E-state index contributed by atoms with van der Waals surface area (Å²) in [5.41, 5.74) is 0. The minimum atomic E-state index is -0.796. The molecule has 21 heavy (non-hydrogen) atoms. The summed E-state index contributed by atoms with van der Waals surface area (Å²) < 4.78 is 5.23. The van der Waals surface area contributed by atoms with Crippen molar-refractivity contribution in [1.29, 1.82) is 0 Å². The number of ether oxygens (including phenoxy) is 1. The number of benzene rings is 1. The molecule has 0 saturated heterocycles. The van der Waals surface area contributed by atoms with Crippen LogP contribution in [0.25, 0.3) is 10.8 Å². The number of fused-ring (bicyclic) bond motifs is 1. The fraction of sp³-hybridized carbons (Fsp3) is 0.375. The third-order valence-electron chi connectivity index (χ3n) is 3.58. The van der Waals surface area contributed by atoms with Crippen LogP contribution in [0.15, 0.2) is 30.5 Å². The Bertz CT molecular complexity index is 640. The van der Waals surface area contributed by atoms with Gasteiger partial charge in [-0.1, -0.05) is 19.9 Å². The Morgan fingerprint density at radius 3 is 2.76 bits per heavy atom. The molecule has 2 aromatic rings. The number of nitrogens with zero attached hydrogens (tertiary/aromatic N) is 1. The zero-order chi connectivity index (χ0) is 15.4. The zero-order valence-electron chi connectivity index (χ0n) is 12.5. The third-order valence-corrected chi connectivity index (χ3v) is 3.58. The van der Waals surface area contributed by atoms with Gasteiger partial charge in [0.25, 0.3) is 0 Å². The van der Waals surface area contributed by atoms with Crippen LogP contribution in [-0.4, -0.2) is 29.7 Å². The van der Waals surface area contributed by atoms with Crippen molar-refractivity contribution < 1.29 is 14.6 Å². The maximum Gasteiger partial charge on any atom is 0.308 e. The van der Waals surface area contributed by atoms with Crippen LogP contribution < -0.4 is 10.1 Å². The van der Waals surface area contributed by atoms with Crippen LogP contribution in [0.1, 0.15) is 13.8 Å². The van der Waals surface area contributed by atoms with Crippen molar-refractivity contribution in [2.75, 3.05) is 19.0 Å². The third kappa shape index (κ3) is 3.42. The summed E-state index contributed by atoms with van der Waals surface area (Å²) in [5.74, 6) is 0.234. The molecule has 0 spiro atoms. The fourth-order valence-corrected chi connectivity index (χ4v) is 2.23. The highest BCUT2D eigenvalue weighted by molar-refractivity contribution is 5.92. The highest BCUT2D eigenvalue weighted by Gasteiger charge is 2.21. The molecular formula is C16H20N2O3. The van der Waals surface area contributed by atoms with E-state index in [0.717, 1.165) is 16.5 Å². The molecule has 0 amide bonds. The first-order valence-electron chi connectivity index (χ1n) is 6.92. The van der Waals surface area contributed by atoms with E-state index >= 15 is 0 Å². The summed E-state index contributed by atoms with van der Waals surface area (Å²) in [4.78, 5) is 15.6. The van der Waals surface area contributed by atoms with Crippen molar-refractivity contribution in [3.63, 3.8) is 0 Å². The minimum absolute atomic E-state index is 0.0551. The second-order valence-corrected chi connectivity index (χ2v) is 5.32. The SMILES string of the molecule is COc1ccc2ccnc(NCC(C(=O)O)C(C)C)c2c1. The lowest BCUT2D eigenvalue weighted by Gasteiger charge is -2.18. The van der Waals surface area contributed by atoms with Crippen molar-refractivity contribution in [3.05, 3.63) is 30.5 Å². The van der Waals surface area contributed by atoms with Gasteiger partial charge in [-0.25, -0.2) is 4.98 Å². The number of aromatic nitrogens is 1. The normalized spacial score (nSPS) is 12.4. The first kappa shape index (κ1) is 15.1. The second kappa shape index (κ2) is 6.43. The first-order valence-corrected chi connectivity index (χ1v) is 6.92. The van der Waals surface area contributed by atoms with E-state index in [4.69, 9.17) is 4.74 Å². The molecule has 0 radical (unpaired) electrons. The molecule has 0 aliphatic heterocycles. The first-order chi connectivity index (χ1) is 10.0. The van der Waals surface area contributed by atoms with Gasteiger partial charge >= 0.3 is 5.97 Å². The van der Waals surface area contributed by atoms with Gasteiger partial charge in [0.05, 0.1) is 13.0 Å². The average Bonchev–Trinajstić information content (AvgIpc) is 2.46. The zero-order valence-corrected chi connectivity index (χ0v) is 12.5. The summed E-state index contributed by atoms with van der Waals surface area (Å²) >= 11 is 0. The molecule has 0 aliphatic rings. The molecule has 0 aliphatic carbocycles. The predicted molar refractivity (Wildman–Crippen MR) is 82.7 cm³/mol. The van der Waals surface area contributed by atoms with Crippen molar-refractivity contribution in [2.45, 2.75) is 13.8 Å². The molecule has 112 valence electrons. The maximum absolute atomic E-state index is 11.2. The number of carboxylic acids is 1. The van der Waals surface area contributed by atoms with E-state index < -0.39 is 11.9 Å². The maximum atomic E-state index is 11.2. The van der Waals surface area contributed by atoms with Crippen molar-refractivity contribution >= 4 is 22.6 Å². The number of rotatable bonds is 6. The van der Waals surface area contributed by atoms with Gasteiger partial charge in [0.1, 0.15) is 11.6 Å². The Morgan fingerprint density at radius 1 is 1.38 bits per heavy atom. The van der Waals surface area contributed by atoms with Gasteiger partial charge < -0.3 is 15.2 Å². The number of hydrogen-bond donors (Lipinski definition) is 2. The van der Waals surface area contributed by atoms with Gasteiger partial charge in [-0.3, -0.25) is 4.79 Å². The number of carboxylic acid groups (broad SMARTS) is 1. The molecule has 5 nitrogen and oxygen atoms in total. The van der Waals surface area contributed by atoms with Crippen LogP contribution in [0.4, 0.5) is 5.82 Å². The van der Waals surface area contributed by atoms with Crippen LogP contribution in [-0.2, 0) is 4.79 Å². The summed E-state index contributed by atoms with van der Waals surface area (Å²) in [6, 6.07) is 7.66. The number of methoxy groups -OCH3 is 1. The van der Waals surface area contributed by atoms with Gasteiger partial charge in [-0.05, 0) is 29.5 Å². The van der Waals surface area contributed by atoms with Gasteiger partial charge in [0, 0.05) is 18.1 Å². The summed E-state index contributed by atoms with van der Waals surface area (Å²) in [6.45, 7) is 4.15. The Morgan fingerprint density at radius 2 is 2.14 bits per heavy atom. The van der Waals surface area contributed by atoms with E-state index in [2.05, 4.69) is 10.3 Å². The molecular weight excluding hydrogens is 268 g/mol. The van der Waals surface area contributed by atoms with Crippen LogP contribution in [0, 0.1) is 11.8 Å². The molecule has 1 heterocycles. The van der Waals surface area contributed by atoms with Crippen molar-refractivity contribution in [2.24, 2.45) is 11.8 Å². The summed E-state index contributed by atoms with van der Waals surface area (Å²) in [5, 5.41) is 14.3. The molecule has 2 N–H and O–H groups in total. The molecule has 1 atom stereocenters. The van der Waals surface area contributed by atoms with Crippen LogP contribution in [0.5, 0.6) is 5.75 Å². The lowest BCUT2D eigenvalue weighted by atomic mass is 9.96. The lowest BCUT2D eigenvalue weighted by molar-refractivity contribution is -0.142. The Labute approximate surface area is 124 Å². The van der Waals surface area contributed by atoms with Crippen LogP contribution >= 0.6 is 0 Å². The van der Waals surface area contributed by atoms with E-state index in [0.29, 0.717) is 12.4 Å². The van der Waals surface area contributed by atoms with E-state index in [9.17, 15) is 9.90 Å². The monoisotopic (exact) mass is 288 g/mol. The van der Waals surface area contributed by atoms with Crippen LogP contribution in [0.3, 0.4) is 0 Å². The van der Waals surface area contributed by atoms with Gasteiger partial charge in [0.2, 0.25) is 0 Å². The average molecular weight is 288 g/mol. The number of hydrogen-bond acceptors (Lipinski definition) is 4. The Kier molecular flexibility index (Phi) is 4.62. The number of carbonyl (C=O) groups is 1. The van der Waals surface area contributed by atoms with Crippen LogP contribution in [0.2, 0.25) is 0 Å². The fourth-order valence-electron chi connectivity index (χ4n) is 2.23. The van der Waals surface area contributed by atoms with Gasteiger partial charge in [0.15, 0.2) is 0 Å². The Balaban J connectivity index is 2.27. The second-order valence-electron chi connectivity index (χ2n) is 5.32. The largest absolute Gasteiger partial charge is 0.497 e. The minimum Gasteiger partial charge on any atom is -0.497 e. The highest BCUT2D eigenvalue weighted by Crippen LogP contribution is 2.26. The predicted octanol–water partition coefficient (Wildman–Crippen LogP) is 3.01. The van der Waals surface area contributed by atoms with Crippen molar-refractivity contribution in [1.82, 2.24) is 4.98 Å². The van der Waals surface area contributed by atoms with E-state index in [1.807, 2.05) is 38.1 Å². The lowest BCUT2D eigenvalue weighted by Crippen LogP contribution is -2.27. The molecule has 0 bridgehead atoms. The molecule has 0 fully saturated rings. The molecule has 2 rings (SSSR count). The van der Waals surface area contributed by atoms with Gasteiger partial charge in [-0.15, -0.1) is 0 Å². The number of anilines is 1. The summed E-state index contributed by atoms with van der Waals surface area (Å²) in [6.07, 6.45) is 1.71. The molecule has 1 aromatic heterocycles. The quantitative estimate of drug-likeness (QED) is 0.855. The Hall–Kier alpha value is -2.30. The van der Waals surface area contributed by atoms with E-state index in [1.54, 1.807) is 13.3 Å². The summed E-state index contributed by atoms with van der Waals surface area (Å²) in [7, 11) is 1.61. The smallest absolute Gasteiger partial charge is 0.308 e. The molecule has 1 unspecified atom stereocenters. The standard InChI is InChI=1S/C16H20N2O3/c1-10(2)14(16(19)20)9-18-15-13-8-12(21-3)5-4-11(13)6-7-17-15/h4-8,10,14H,9H2,1-3H3,(H,17,18)(H,19,20). The molecule has 1 aromatic carbocycles. The number of aliphatic carboxylic acids is 1. The van der Waals surface area contributed by atoms with Crippen molar-refractivity contribution in [3.8, 4) is 5.75 Å². The highest BCUT2D eigenvalue weighted by atomic mass is 16.5. The number of nitrogens with one attached hydrogen (secondary N) is 1.